The van der Waals surface area contributed by atoms with Crippen LogP contribution in [0.25, 0.3) is 10.9 Å². The summed E-state index contributed by atoms with van der Waals surface area (Å²) in [6, 6.07) is 7.67. The van der Waals surface area contributed by atoms with Crippen molar-refractivity contribution >= 4 is 31.8 Å². The first-order chi connectivity index (χ1) is 15.8. The van der Waals surface area contributed by atoms with Crippen molar-refractivity contribution in [3.63, 3.8) is 0 Å². The highest BCUT2D eigenvalue weighted by molar-refractivity contribution is 7.55. The van der Waals surface area contributed by atoms with Crippen molar-refractivity contribution < 1.29 is 27.2 Å². The van der Waals surface area contributed by atoms with Gasteiger partial charge in [-0.1, -0.05) is 18.2 Å². The number of fused-ring (bicyclic) bond motifs is 3. The number of pyridine rings is 1. The van der Waals surface area contributed by atoms with Gasteiger partial charge >= 0.3 is 15.2 Å². The molecular formula is C24H38N2O6P2. The lowest BCUT2D eigenvalue weighted by Crippen LogP contribution is -2.32. The van der Waals surface area contributed by atoms with Crippen LogP contribution in [-0.2, 0) is 27.2 Å². The van der Waals surface area contributed by atoms with Crippen LogP contribution in [0, 0.1) is 0 Å². The molecule has 0 fully saturated rings. The molecule has 0 spiro atoms. The van der Waals surface area contributed by atoms with Gasteiger partial charge in [0.05, 0.1) is 41.3 Å². The Morgan fingerprint density at radius 3 is 1.88 bits per heavy atom. The zero-order valence-electron chi connectivity index (χ0n) is 21.3. The summed E-state index contributed by atoms with van der Waals surface area (Å²) in [6.45, 7) is 14.6. The Morgan fingerprint density at radius 1 is 0.824 bits per heavy atom. The Morgan fingerprint density at radius 2 is 1.35 bits per heavy atom. The molecule has 3 rings (SSSR count). The fourth-order valence-electron chi connectivity index (χ4n) is 4.18. The number of nitrogens with one attached hydrogen (secondary N) is 1. The minimum atomic E-state index is -3.69. The molecule has 8 nitrogen and oxygen atoms in total. The standard InChI is InChI=1S/C24H38N2O6P2/c1-15(2)29-33(27,30-16(3)4)21-14-22(34(28,31-17(5)6)32-18(7)8)26-24-20(21)12-11-19-10-9-13-25-23(19)24/h9-13,15-18,21-22,26H,14H2,1-8H3. The lowest BCUT2D eigenvalue weighted by Gasteiger charge is -2.40. The smallest absolute Gasteiger partial charge is 0.353 e. The Balaban J connectivity index is 2.22. The molecule has 0 amide bonds. The van der Waals surface area contributed by atoms with Gasteiger partial charge in [0.15, 0.2) is 0 Å². The quantitative estimate of drug-likeness (QED) is 0.327. The van der Waals surface area contributed by atoms with Crippen LogP contribution in [0.5, 0.6) is 0 Å². The van der Waals surface area contributed by atoms with E-state index in [1.54, 1.807) is 6.20 Å². The highest BCUT2D eigenvalue weighted by Gasteiger charge is 2.50. The number of nitrogens with zero attached hydrogens (tertiary/aromatic N) is 1. The minimum Gasteiger partial charge on any atom is -0.369 e. The van der Waals surface area contributed by atoms with Crippen molar-refractivity contribution in [2.45, 2.75) is 97.7 Å². The maximum absolute atomic E-state index is 14.3. The first kappa shape index (κ1) is 27.3. The van der Waals surface area contributed by atoms with E-state index in [0.717, 1.165) is 10.9 Å². The molecule has 10 heteroatoms. The topological polar surface area (TPSA) is 96.0 Å². The molecule has 2 aromatic rings. The van der Waals surface area contributed by atoms with Gasteiger partial charge in [-0.3, -0.25) is 14.1 Å². The van der Waals surface area contributed by atoms with Crippen LogP contribution in [0.3, 0.4) is 0 Å². The second-order valence-corrected chi connectivity index (χ2v) is 14.0. The lowest BCUT2D eigenvalue weighted by molar-refractivity contribution is 0.130. The van der Waals surface area contributed by atoms with Crippen molar-refractivity contribution in [3.8, 4) is 0 Å². The Hall–Kier alpha value is -1.27. The van der Waals surface area contributed by atoms with Gasteiger partial charge in [-0.05, 0) is 73.4 Å². The van der Waals surface area contributed by atoms with Crippen LogP contribution < -0.4 is 5.32 Å². The maximum Gasteiger partial charge on any atom is 0.353 e. The summed E-state index contributed by atoms with van der Waals surface area (Å²) in [5.74, 6) is -0.762. The Kier molecular flexibility index (Phi) is 8.66. The van der Waals surface area contributed by atoms with Crippen LogP contribution in [0.4, 0.5) is 5.69 Å². The molecule has 1 aliphatic rings. The first-order valence-corrected chi connectivity index (χ1v) is 15.1. The summed E-state index contributed by atoms with van der Waals surface area (Å²) in [7, 11) is -7.38. The van der Waals surface area contributed by atoms with E-state index >= 15 is 0 Å². The van der Waals surface area contributed by atoms with Crippen molar-refractivity contribution in [1.29, 1.82) is 0 Å². The molecule has 1 aromatic heterocycles. The van der Waals surface area contributed by atoms with E-state index in [1.807, 2.05) is 79.7 Å². The zero-order chi connectivity index (χ0) is 25.3. The number of benzene rings is 1. The number of hydrogen-bond donors (Lipinski definition) is 1. The van der Waals surface area contributed by atoms with Crippen LogP contribution in [-0.4, -0.2) is 35.2 Å². The molecule has 0 saturated heterocycles. The van der Waals surface area contributed by atoms with E-state index in [-0.39, 0.29) is 30.8 Å². The predicted octanol–water partition coefficient (Wildman–Crippen LogP) is 7.50. The molecule has 1 aromatic carbocycles. The van der Waals surface area contributed by atoms with Gasteiger partial charge in [-0.2, -0.15) is 0 Å². The molecule has 1 aliphatic heterocycles. The molecule has 1 N–H and O–H groups in total. The van der Waals surface area contributed by atoms with Crippen LogP contribution >= 0.6 is 15.2 Å². The molecule has 34 heavy (non-hydrogen) atoms. The van der Waals surface area contributed by atoms with Gasteiger partial charge in [0.25, 0.3) is 0 Å². The average molecular weight is 513 g/mol. The highest BCUT2D eigenvalue weighted by atomic mass is 31.2. The summed E-state index contributed by atoms with van der Waals surface area (Å²) in [5, 5.41) is 4.30. The van der Waals surface area contributed by atoms with Gasteiger partial charge < -0.3 is 23.4 Å². The van der Waals surface area contributed by atoms with Crippen molar-refractivity contribution in [1.82, 2.24) is 4.98 Å². The van der Waals surface area contributed by atoms with E-state index in [2.05, 4.69) is 10.3 Å². The van der Waals surface area contributed by atoms with Gasteiger partial charge in [0.1, 0.15) is 5.78 Å². The number of rotatable bonds is 10. The summed E-state index contributed by atoms with van der Waals surface area (Å²) in [4.78, 5) is 4.57. The minimum absolute atomic E-state index is 0.193. The van der Waals surface area contributed by atoms with Gasteiger partial charge in [-0.25, -0.2) is 0 Å². The van der Waals surface area contributed by atoms with Crippen molar-refractivity contribution in [2.75, 3.05) is 5.32 Å². The monoisotopic (exact) mass is 512 g/mol. The second-order valence-electron chi connectivity index (χ2n) is 9.71. The molecule has 2 heterocycles. The number of aromatic nitrogens is 1. The predicted molar refractivity (Wildman–Crippen MR) is 137 cm³/mol. The van der Waals surface area contributed by atoms with Crippen molar-refractivity contribution in [2.24, 2.45) is 0 Å². The van der Waals surface area contributed by atoms with E-state index in [0.29, 0.717) is 11.2 Å². The third-order valence-electron chi connectivity index (χ3n) is 5.12. The summed E-state index contributed by atoms with van der Waals surface area (Å²) < 4.78 is 52.3. The van der Waals surface area contributed by atoms with Gasteiger partial charge in [0.2, 0.25) is 0 Å². The highest BCUT2D eigenvalue weighted by Crippen LogP contribution is 2.70. The van der Waals surface area contributed by atoms with Crippen LogP contribution in [0.15, 0.2) is 30.5 Å². The molecule has 0 aliphatic carbocycles. The van der Waals surface area contributed by atoms with Crippen LogP contribution in [0.1, 0.15) is 73.0 Å². The largest absolute Gasteiger partial charge is 0.369 e. The third kappa shape index (κ3) is 6.10. The molecule has 190 valence electrons. The average Bonchev–Trinajstić information content (AvgIpc) is 2.70. The van der Waals surface area contributed by atoms with E-state index in [9.17, 15) is 9.13 Å². The van der Waals surface area contributed by atoms with Gasteiger partial charge in [0, 0.05) is 11.6 Å². The second kappa shape index (κ2) is 10.8. The summed E-state index contributed by atoms with van der Waals surface area (Å²) >= 11 is 0. The molecule has 2 atom stereocenters. The van der Waals surface area contributed by atoms with E-state index < -0.39 is 26.6 Å². The maximum atomic E-state index is 14.3. The molecular weight excluding hydrogens is 474 g/mol. The molecule has 0 bridgehead atoms. The van der Waals surface area contributed by atoms with Crippen molar-refractivity contribution in [3.05, 3.63) is 36.0 Å². The fraction of sp³-hybridized carbons (Fsp3) is 0.625. The fourth-order valence-corrected chi connectivity index (χ4v) is 9.17. The summed E-state index contributed by atoms with van der Waals surface area (Å²) in [5.41, 5.74) is 1.42. The molecule has 0 radical (unpaired) electrons. The Bertz CT molecular complexity index is 1060. The SMILES string of the molecule is CC(C)OP(=O)(OC(C)C)C1CC(P(=O)(OC(C)C)OC(C)C)c2ccc3cccnc3c2N1. The normalized spacial score (nSPS) is 19.3. The van der Waals surface area contributed by atoms with E-state index in [4.69, 9.17) is 18.1 Å². The molecule has 0 saturated carbocycles. The zero-order valence-corrected chi connectivity index (χ0v) is 23.1. The van der Waals surface area contributed by atoms with Gasteiger partial charge in [-0.15, -0.1) is 0 Å². The number of anilines is 1. The van der Waals surface area contributed by atoms with Crippen LogP contribution in [0.2, 0.25) is 0 Å². The van der Waals surface area contributed by atoms with E-state index in [1.165, 1.54) is 0 Å². The first-order valence-electron chi connectivity index (χ1n) is 11.9. The third-order valence-corrected chi connectivity index (χ3v) is 10.3. The summed E-state index contributed by atoms with van der Waals surface area (Å²) in [6.07, 6.45) is 0.576. The Labute approximate surface area is 203 Å². The molecule has 2 unspecified atom stereocenters. The lowest BCUT2D eigenvalue weighted by atomic mass is 10.00. The number of hydrogen-bond acceptors (Lipinski definition) is 8.